The van der Waals surface area contributed by atoms with Gasteiger partial charge in [-0.05, 0) is 44.4 Å². The van der Waals surface area contributed by atoms with E-state index in [0.29, 0.717) is 19.0 Å². The van der Waals surface area contributed by atoms with Gasteiger partial charge in [-0.1, -0.05) is 13.8 Å². The van der Waals surface area contributed by atoms with Crippen molar-refractivity contribution in [3.05, 3.63) is 18.2 Å². The third-order valence-electron chi connectivity index (χ3n) is 3.80. The summed E-state index contributed by atoms with van der Waals surface area (Å²) < 4.78 is 11.5. The summed E-state index contributed by atoms with van der Waals surface area (Å²) in [6.07, 6.45) is 3.86. The van der Waals surface area contributed by atoms with Crippen molar-refractivity contribution in [2.24, 2.45) is 5.92 Å². The highest BCUT2D eigenvalue weighted by molar-refractivity contribution is 5.93. The van der Waals surface area contributed by atoms with Gasteiger partial charge in [-0.25, -0.2) is 0 Å². The molecular formula is C18H28N2O3. The summed E-state index contributed by atoms with van der Waals surface area (Å²) in [4.78, 5) is 12.3. The third kappa shape index (κ3) is 5.43. The van der Waals surface area contributed by atoms with Gasteiger partial charge in [0.2, 0.25) is 5.91 Å². The molecule has 0 aromatic heterocycles. The fourth-order valence-electron chi connectivity index (χ4n) is 2.56. The quantitative estimate of drug-likeness (QED) is 0.772. The number of ether oxygens (including phenoxy) is 2. The monoisotopic (exact) mass is 320 g/mol. The van der Waals surface area contributed by atoms with Crippen LogP contribution in [-0.2, 0) is 4.79 Å². The Morgan fingerprint density at radius 1 is 1.22 bits per heavy atom. The number of amides is 1. The van der Waals surface area contributed by atoms with Crippen molar-refractivity contribution in [2.45, 2.75) is 39.5 Å². The molecular weight excluding hydrogens is 292 g/mol. The van der Waals surface area contributed by atoms with Gasteiger partial charge in [0.15, 0.2) is 11.5 Å². The van der Waals surface area contributed by atoms with E-state index in [1.807, 2.05) is 18.2 Å². The zero-order chi connectivity index (χ0) is 16.5. The first-order valence-electron chi connectivity index (χ1n) is 8.65. The molecule has 0 spiro atoms. The van der Waals surface area contributed by atoms with E-state index in [-0.39, 0.29) is 11.8 Å². The first-order valence-corrected chi connectivity index (χ1v) is 8.65. The maximum absolute atomic E-state index is 12.3. The van der Waals surface area contributed by atoms with E-state index in [4.69, 9.17) is 9.47 Å². The van der Waals surface area contributed by atoms with Crippen molar-refractivity contribution in [1.82, 2.24) is 5.32 Å². The lowest BCUT2D eigenvalue weighted by molar-refractivity contribution is -0.120. The van der Waals surface area contributed by atoms with E-state index in [1.165, 1.54) is 0 Å². The van der Waals surface area contributed by atoms with E-state index in [1.54, 1.807) is 0 Å². The van der Waals surface area contributed by atoms with Crippen LogP contribution >= 0.6 is 0 Å². The molecule has 1 unspecified atom stereocenters. The van der Waals surface area contributed by atoms with Crippen LogP contribution < -0.4 is 20.1 Å². The van der Waals surface area contributed by atoms with Crippen LogP contribution in [0.3, 0.4) is 0 Å². The number of carbonyl (C=O) groups is 1. The van der Waals surface area contributed by atoms with Gasteiger partial charge in [0, 0.05) is 18.3 Å². The summed E-state index contributed by atoms with van der Waals surface area (Å²) >= 11 is 0. The topological polar surface area (TPSA) is 59.6 Å². The zero-order valence-electron chi connectivity index (χ0n) is 14.2. The molecule has 1 amide bonds. The van der Waals surface area contributed by atoms with Gasteiger partial charge in [-0.2, -0.15) is 0 Å². The number of rotatable bonds is 8. The van der Waals surface area contributed by atoms with Crippen molar-refractivity contribution in [1.29, 1.82) is 0 Å². The van der Waals surface area contributed by atoms with E-state index < -0.39 is 0 Å². The molecule has 1 aliphatic heterocycles. The Balaban J connectivity index is 2.04. The lowest BCUT2D eigenvalue weighted by Gasteiger charge is -2.22. The summed E-state index contributed by atoms with van der Waals surface area (Å²) in [5, 5.41) is 6.26. The molecule has 1 heterocycles. The van der Waals surface area contributed by atoms with Crippen LogP contribution in [0.15, 0.2) is 18.2 Å². The summed E-state index contributed by atoms with van der Waals surface area (Å²) in [6, 6.07) is 5.60. The smallest absolute Gasteiger partial charge is 0.228 e. The molecule has 1 aromatic rings. The van der Waals surface area contributed by atoms with E-state index in [0.717, 1.165) is 50.2 Å². The minimum Gasteiger partial charge on any atom is -0.490 e. The maximum Gasteiger partial charge on any atom is 0.228 e. The van der Waals surface area contributed by atoms with Crippen LogP contribution in [0.2, 0.25) is 0 Å². The van der Waals surface area contributed by atoms with E-state index in [2.05, 4.69) is 24.5 Å². The number of benzene rings is 1. The largest absolute Gasteiger partial charge is 0.490 e. The number of piperidine rings is 1. The van der Waals surface area contributed by atoms with Gasteiger partial charge in [0.25, 0.3) is 0 Å². The molecule has 128 valence electrons. The predicted molar refractivity (Wildman–Crippen MR) is 92.2 cm³/mol. The second-order valence-electron chi connectivity index (χ2n) is 5.89. The molecule has 1 saturated heterocycles. The molecule has 1 fully saturated rings. The lowest BCUT2D eigenvalue weighted by Crippen LogP contribution is -2.37. The van der Waals surface area contributed by atoms with Crippen molar-refractivity contribution < 1.29 is 14.3 Å². The number of hydrogen-bond acceptors (Lipinski definition) is 4. The van der Waals surface area contributed by atoms with E-state index in [9.17, 15) is 4.79 Å². The van der Waals surface area contributed by atoms with Gasteiger partial charge in [0.05, 0.1) is 19.1 Å². The average molecular weight is 320 g/mol. The normalized spacial score (nSPS) is 17.6. The van der Waals surface area contributed by atoms with Gasteiger partial charge >= 0.3 is 0 Å². The molecule has 0 aliphatic carbocycles. The molecule has 5 heteroatoms. The molecule has 1 aromatic carbocycles. The maximum atomic E-state index is 12.3. The zero-order valence-corrected chi connectivity index (χ0v) is 14.2. The Hall–Kier alpha value is -1.75. The van der Waals surface area contributed by atoms with Crippen LogP contribution in [0, 0.1) is 5.92 Å². The van der Waals surface area contributed by atoms with Crippen molar-refractivity contribution in [3.8, 4) is 11.5 Å². The van der Waals surface area contributed by atoms with Crippen molar-refractivity contribution in [2.75, 3.05) is 31.6 Å². The Morgan fingerprint density at radius 2 is 1.96 bits per heavy atom. The van der Waals surface area contributed by atoms with Gasteiger partial charge < -0.3 is 20.1 Å². The Labute approximate surface area is 138 Å². The van der Waals surface area contributed by atoms with Crippen molar-refractivity contribution >= 4 is 11.6 Å². The minimum atomic E-state index is 0.0415. The van der Waals surface area contributed by atoms with Crippen molar-refractivity contribution in [3.63, 3.8) is 0 Å². The highest BCUT2D eigenvalue weighted by Gasteiger charge is 2.21. The summed E-state index contributed by atoms with van der Waals surface area (Å²) in [6.45, 7) is 7.17. The number of hydrogen-bond donors (Lipinski definition) is 2. The molecule has 23 heavy (non-hydrogen) atoms. The molecule has 0 saturated carbocycles. The minimum absolute atomic E-state index is 0.0415. The van der Waals surface area contributed by atoms with Crippen LogP contribution in [0.1, 0.15) is 39.5 Å². The Bertz CT molecular complexity index is 499. The SMILES string of the molecule is CCCOc1ccc(NC(=O)C2CCCNC2)cc1OCCC. The highest BCUT2D eigenvalue weighted by Crippen LogP contribution is 2.31. The van der Waals surface area contributed by atoms with Gasteiger partial charge in [-0.15, -0.1) is 0 Å². The predicted octanol–water partition coefficient (Wildman–Crippen LogP) is 3.20. The standard InChI is InChI=1S/C18H28N2O3/c1-3-10-22-16-8-7-15(12-17(16)23-11-4-2)20-18(21)14-6-5-9-19-13-14/h7-8,12,14,19H,3-6,9-11,13H2,1-2H3,(H,20,21). The molecule has 1 atom stereocenters. The first kappa shape index (κ1) is 17.6. The molecule has 1 aliphatic rings. The molecule has 0 bridgehead atoms. The summed E-state index contributed by atoms with van der Waals surface area (Å²) in [5.74, 6) is 1.54. The summed E-state index contributed by atoms with van der Waals surface area (Å²) in [7, 11) is 0. The number of nitrogens with one attached hydrogen (secondary N) is 2. The third-order valence-corrected chi connectivity index (χ3v) is 3.80. The van der Waals surface area contributed by atoms with Crippen LogP contribution in [0.25, 0.3) is 0 Å². The van der Waals surface area contributed by atoms with Crippen LogP contribution in [0.5, 0.6) is 11.5 Å². The first-order chi connectivity index (χ1) is 11.2. The molecule has 5 nitrogen and oxygen atoms in total. The molecule has 0 radical (unpaired) electrons. The highest BCUT2D eigenvalue weighted by atomic mass is 16.5. The summed E-state index contributed by atoms with van der Waals surface area (Å²) in [5.41, 5.74) is 0.760. The molecule has 2 rings (SSSR count). The fourth-order valence-corrected chi connectivity index (χ4v) is 2.56. The number of carbonyl (C=O) groups excluding carboxylic acids is 1. The number of anilines is 1. The lowest BCUT2D eigenvalue weighted by atomic mass is 9.99. The van der Waals surface area contributed by atoms with Gasteiger partial charge in [-0.3, -0.25) is 4.79 Å². The van der Waals surface area contributed by atoms with Gasteiger partial charge in [0.1, 0.15) is 0 Å². The second-order valence-corrected chi connectivity index (χ2v) is 5.89. The average Bonchev–Trinajstić information content (AvgIpc) is 2.59. The second kappa shape index (κ2) is 9.40. The van der Waals surface area contributed by atoms with Crippen LogP contribution in [0.4, 0.5) is 5.69 Å². The molecule has 2 N–H and O–H groups in total. The Morgan fingerprint density at radius 3 is 2.61 bits per heavy atom. The van der Waals surface area contributed by atoms with Crippen LogP contribution in [-0.4, -0.2) is 32.2 Å². The van der Waals surface area contributed by atoms with E-state index >= 15 is 0 Å². The fraction of sp³-hybridized carbons (Fsp3) is 0.611. The Kier molecular flexibility index (Phi) is 7.20.